The van der Waals surface area contributed by atoms with Crippen LogP contribution >= 0.6 is 0 Å². The number of carbonyl (C=O) groups is 1. The molecule has 0 heterocycles. The highest BCUT2D eigenvalue weighted by Crippen LogP contribution is 2.31. The zero-order valence-corrected chi connectivity index (χ0v) is 7.80. The number of methoxy groups -OCH3 is 1. The van der Waals surface area contributed by atoms with Gasteiger partial charge in [-0.1, -0.05) is 24.8 Å². The van der Waals surface area contributed by atoms with Crippen molar-refractivity contribution in [3.8, 4) is 0 Å². The lowest BCUT2D eigenvalue weighted by Gasteiger charge is -2.25. The predicted octanol–water partition coefficient (Wildman–Crippen LogP) is 2.30. The van der Waals surface area contributed by atoms with Crippen molar-refractivity contribution in [3.05, 3.63) is 11.6 Å². The third-order valence-corrected chi connectivity index (χ3v) is 2.40. The van der Waals surface area contributed by atoms with Crippen molar-refractivity contribution in [2.24, 2.45) is 5.92 Å². The molecule has 1 fully saturated rings. The summed E-state index contributed by atoms with van der Waals surface area (Å²) in [5.41, 5.74) is 1.14. The molecule has 12 heavy (non-hydrogen) atoms. The molecule has 1 aliphatic rings. The third-order valence-electron chi connectivity index (χ3n) is 2.40. The summed E-state index contributed by atoms with van der Waals surface area (Å²) < 4.78 is 4.54. The maximum atomic E-state index is 10.8. The fourth-order valence-electron chi connectivity index (χ4n) is 1.47. The van der Waals surface area contributed by atoms with E-state index in [2.05, 4.69) is 4.74 Å². The maximum Gasteiger partial charge on any atom is 0.330 e. The van der Waals surface area contributed by atoms with Gasteiger partial charge in [0.2, 0.25) is 0 Å². The first-order valence-corrected chi connectivity index (χ1v) is 4.47. The third kappa shape index (κ3) is 2.68. The van der Waals surface area contributed by atoms with Crippen LogP contribution in [-0.4, -0.2) is 13.1 Å². The minimum atomic E-state index is -0.230. The van der Waals surface area contributed by atoms with E-state index in [9.17, 15) is 4.79 Å². The average Bonchev–Trinajstić information content (AvgIpc) is 1.97. The lowest BCUT2D eigenvalue weighted by Crippen LogP contribution is -2.11. The highest BCUT2D eigenvalue weighted by atomic mass is 16.5. The predicted molar refractivity (Wildman–Crippen MR) is 47.7 cm³/mol. The van der Waals surface area contributed by atoms with Crippen LogP contribution in [0.1, 0.15) is 32.6 Å². The highest BCUT2D eigenvalue weighted by molar-refractivity contribution is 5.82. The van der Waals surface area contributed by atoms with E-state index in [1.54, 1.807) is 6.08 Å². The first-order chi connectivity index (χ1) is 5.72. The fourth-order valence-corrected chi connectivity index (χ4v) is 1.47. The Balaban J connectivity index is 2.29. The number of ether oxygens (including phenoxy) is 1. The molecule has 0 N–H and O–H groups in total. The SMILES string of the molecule is COC(=O)/C=C(/C)CC1CCC1. The molecular formula is C10H16O2. The van der Waals surface area contributed by atoms with Gasteiger partial charge in [-0.3, -0.25) is 0 Å². The highest BCUT2D eigenvalue weighted by Gasteiger charge is 2.17. The minimum absolute atomic E-state index is 0.230. The molecule has 0 bridgehead atoms. The topological polar surface area (TPSA) is 26.3 Å². The molecule has 0 aromatic heterocycles. The average molecular weight is 168 g/mol. The van der Waals surface area contributed by atoms with Crippen molar-refractivity contribution < 1.29 is 9.53 Å². The second-order valence-electron chi connectivity index (χ2n) is 3.51. The van der Waals surface area contributed by atoms with Gasteiger partial charge >= 0.3 is 5.97 Å². The van der Waals surface area contributed by atoms with E-state index in [1.165, 1.54) is 26.4 Å². The minimum Gasteiger partial charge on any atom is -0.466 e. The molecular weight excluding hydrogens is 152 g/mol. The zero-order chi connectivity index (χ0) is 8.97. The molecule has 1 saturated carbocycles. The van der Waals surface area contributed by atoms with Gasteiger partial charge in [-0.25, -0.2) is 4.79 Å². The van der Waals surface area contributed by atoms with E-state index < -0.39 is 0 Å². The summed E-state index contributed by atoms with van der Waals surface area (Å²) in [6, 6.07) is 0. The van der Waals surface area contributed by atoms with Gasteiger partial charge in [0.1, 0.15) is 0 Å². The summed E-state index contributed by atoms with van der Waals surface area (Å²) in [5.74, 6) is 0.595. The van der Waals surface area contributed by atoms with Crippen LogP contribution in [0.2, 0.25) is 0 Å². The van der Waals surface area contributed by atoms with Gasteiger partial charge in [0.05, 0.1) is 7.11 Å². The number of hydrogen-bond acceptors (Lipinski definition) is 2. The summed E-state index contributed by atoms with van der Waals surface area (Å²) in [6.07, 6.45) is 6.67. The van der Waals surface area contributed by atoms with E-state index in [-0.39, 0.29) is 5.97 Å². The number of allylic oxidation sites excluding steroid dienone is 1. The van der Waals surface area contributed by atoms with Crippen LogP contribution in [-0.2, 0) is 9.53 Å². The van der Waals surface area contributed by atoms with Crippen LogP contribution in [0, 0.1) is 5.92 Å². The lowest BCUT2D eigenvalue weighted by atomic mass is 9.81. The van der Waals surface area contributed by atoms with Crippen molar-refractivity contribution in [2.45, 2.75) is 32.6 Å². The summed E-state index contributed by atoms with van der Waals surface area (Å²) in [5, 5.41) is 0. The molecule has 2 heteroatoms. The molecule has 0 radical (unpaired) electrons. The van der Waals surface area contributed by atoms with E-state index in [0.29, 0.717) is 0 Å². The summed E-state index contributed by atoms with van der Waals surface area (Å²) >= 11 is 0. The number of esters is 1. The Bertz CT molecular complexity index is 190. The molecule has 0 unspecified atom stereocenters. The van der Waals surface area contributed by atoms with Crippen molar-refractivity contribution >= 4 is 5.97 Å². The molecule has 0 aliphatic heterocycles. The van der Waals surface area contributed by atoms with Gasteiger partial charge in [-0.15, -0.1) is 0 Å². The maximum absolute atomic E-state index is 10.8. The summed E-state index contributed by atoms with van der Waals surface area (Å²) in [7, 11) is 1.41. The van der Waals surface area contributed by atoms with Crippen LogP contribution in [0.25, 0.3) is 0 Å². The van der Waals surface area contributed by atoms with Crippen molar-refractivity contribution in [3.63, 3.8) is 0 Å². The molecule has 0 aromatic carbocycles. The fraction of sp³-hybridized carbons (Fsp3) is 0.700. The Morgan fingerprint density at radius 2 is 2.25 bits per heavy atom. The Labute approximate surface area is 73.6 Å². The van der Waals surface area contributed by atoms with Crippen LogP contribution in [0.3, 0.4) is 0 Å². The molecule has 0 amide bonds. The first-order valence-electron chi connectivity index (χ1n) is 4.47. The first kappa shape index (κ1) is 9.30. The molecule has 0 spiro atoms. The number of rotatable bonds is 3. The Morgan fingerprint density at radius 3 is 2.67 bits per heavy atom. The van der Waals surface area contributed by atoms with Gasteiger partial charge < -0.3 is 4.74 Å². The largest absolute Gasteiger partial charge is 0.466 e. The van der Waals surface area contributed by atoms with Gasteiger partial charge in [-0.2, -0.15) is 0 Å². The quantitative estimate of drug-likeness (QED) is 0.477. The van der Waals surface area contributed by atoms with Crippen molar-refractivity contribution in [1.82, 2.24) is 0 Å². The van der Waals surface area contributed by atoms with Crippen LogP contribution < -0.4 is 0 Å². The molecule has 0 atom stereocenters. The molecule has 0 aromatic rings. The Kier molecular flexibility index (Phi) is 3.32. The Hall–Kier alpha value is -0.790. The van der Waals surface area contributed by atoms with E-state index >= 15 is 0 Å². The van der Waals surface area contributed by atoms with Gasteiger partial charge in [-0.05, 0) is 19.3 Å². The summed E-state index contributed by atoms with van der Waals surface area (Å²) in [4.78, 5) is 10.8. The smallest absolute Gasteiger partial charge is 0.330 e. The van der Waals surface area contributed by atoms with Gasteiger partial charge in [0, 0.05) is 6.08 Å². The number of hydrogen-bond donors (Lipinski definition) is 0. The standard InChI is InChI=1S/C10H16O2/c1-8(7-10(11)12-2)6-9-4-3-5-9/h7,9H,3-6H2,1-2H3/b8-7-. The van der Waals surface area contributed by atoms with Crippen molar-refractivity contribution in [1.29, 1.82) is 0 Å². The molecule has 2 nitrogen and oxygen atoms in total. The number of carbonyl (C=O) groups excluding carboxylic acids is 1. The zero-order valence-electron chi connectivity index (χ0n) is 7.80. The van der Waals surface area contributed by atoms with Crippen LogP contribution in [0.15, 0.2) is 11.6 Å². The van der Waals surface area contributed by atoms with E-state index in [0.717, 1.165) is 17.9 Å². The summed E-state index contributed by atoms with van der Waals surface area (Å²) in [6.45, 7) is 2.00. The van der Waals surface area contributed by atoms with E-state index in [1.807, 2.05) is 6.92 Å². The Morgan fingerprint density at radius 1 is 1.58 bits per heavy atom. The van der Waals surface area contributed by atoms with Gasteiger partial charge in [0.15, 0.2) is 0 Å². The van der Waals surface area contributed by atoms with Crippen molar-refractivity contribution in [2.75, 3.05) is 7.11 Å². The molecule has 1 aliphatic carbocycles. The second kappa shape index (κ2) is 4.29. The normalized spacial score (nSPS) is 18.7. The van der Waals surface area contributed by atoms with Gasteiger partial charge in [0.25, 0.3) is 0 Å². The second-order valence-corrected chi connectivity index (χ2v) is 3.51. The van der Waals surface area contributed by atoms with E-state index in [4.69, 9.17) is 0 Å². The molecule has 0 saturated heterocycles. The lowest BCUT2D eigenvalue weighted by molar-refractivity contribution is -0.134. The monoisotopic (exact) mass is 168 g/mol. The molecule has 1 rings (SSSR count). The van der Waals surface area contributed by atoms with Crippen LogP contribution in [0.5, 0.6) is 0 Å². The van der Waals surface area contributed by atoms with Crippen LogP contribution in [0.4, 0.5) is 0 Å². The molecule has 68 valence electrons.